The van der Waals surface area contributed by atoms with Crippen molar-refractivity contribution in [3.8, 4) is 11.6 Å². The molecule has 17 heavy (non-hydrogen) atoms. The van der Waals surface area contributed by atoms with E-state index in [4.69, 9.17) is 27.9 Å². The van der Waals surface area contributed by atoms with Crippen molar-refractivity contribution in [3.05, 3.63) is 45.8 Å². The van der Waals surface area contributed by atoms with Gasteiger partial charge in [-0.3, -0.25) is 0 Å². The van der Waals surface area contributed by atoms with E-state index in [0.717, 1.165) is 11.1 Å². The van der Waals surface area contributed by atoms with E-state index in [0.29, 0.717) is 10.8 Å². The van der Waals surface area contributed by atoms with Gasteiger partial charge in [0.1, 0.15) is 10.8 Å². The quantitative estimate of drug-likeness (QED) is 0.766. The van der Waals surface area contributed by atoms with Crippen LogP contribution in [0.3, 0.4) is 0 Å². The molecule has 0 N–H and O–H groups in total. The lowest BCUT2D eigenvalue weighted by atomic mass is 10.1. The number of aromatic nitrogens is 2. The summed E-state index contributed by atoms with van der Waals surface area (Å²) in [7, 11) is 0. The van der Waals surface area contributed by atoms with Gasteiger partial charge in [-0.1, -0.05) is 23.7 Å². The molecule has 1 aromatic heterocycles. The first-order chi connectivity index (χ1) is 8.06. The van der Waals surface area contributed by atoms with Crippen molar-refractivity contribution in [2.45, 2.75) is 13.8 Å². The number of hydrogen-bond acceptors (Lipinski definition) is 3. The lowest BCUT2D eigenvalue weighted by Crippen LogP contribution is -1.93. The Morgan fingerprint density at radius 2 is 1.94 bits per heavy atom. The molecule has 5 heteroatoms. The topological polar surface area (TPSA) is 35.0 Å². The van der Waals surface area contributed by atoms with Crippen LogP contribution >= 0.6 is 23.2 Å². The van der Waals surface area contributed by atoms with Crippen molar-refractivity contribution in [3.63, 3.8) is 0 Å². The third-order valence-electron chi connectivity index (χ3n) is 2.23. The van der Waals surface area contributed by atoms with Crippen molar-refractivity contribution in [2.75, 3.05) is 0 Å². The Morgan fingerprint density at radius 3 is 2.71 bits per heavy atom. The monoisotopic (exact) mass is 268 g/mol. The van der Waals surface area contributed by atoms with Gasteiger partial charge in [-0.15, -0.1) is 0 Å². The van der Waals surface area contributed by atoms with E-state index in [2.05, 4.69) is 9.97 Å². The van der Waals surface area contributed by atoms with Crippen LogP contribution in [0.2, 0.25) is 10.3 Å². The molecule has 0 atom stereocenters. The molecule has 0 saturated carbocycles. The van der Waals surface area contributed by atoms with Crippen LogP contribution in [0.1, 0.15) is 11.1 Å². The highest BCUT2D eigenvalue weighted by molar-refractivity contribution is 6.32. The van der Waals surface area contributed by atoms with Gasteiger partial charge in [0.2, 0.25) is 11.2 Å². The summed E-state index contributed by atoms with van der Waals surface area (Å²) in [5.41, 5.74) is 2.10. The van der Waals surface area contributed by atoms with Gasteiger partial charge in [-0.05, 0) is 42.6 Å². The maximum Gasteiger partial charge on any atom is 0.242 e. The Labute approximate surface area is 109 Å². The summed E-state index contributed by atoms with van der Waals surface area (Å²) in [6.45, 7) is 3.94. The van der Waals surface area contributed by atoms with Crippen molar-refractivity contribution < 1.29 is 4.74 Å². The number of hydrogen-bond donors (Lipinski definition) is 0. The summed E-state index contributed by atoms with van der Waals surface area (Å²) >= 11 is 11.6. The van der Waals surface area contributed by atoms with Crippen LogP contribution in [0.15, 0.2) is 24.4 Å². The molecule has 88 valence electrons. The molecule has 0 aliphatic carbocycles. The molecular weight excluding hydrogens is 259 g/mol. The Kier molecular flexibility index (Phi) is 3.50. The van der Waals surface area contributed by atoms with E-state index in [1.165, 1.54) is 6.20 Å². The van der Waals surface area contributed by atoms with Crippen LogP contribution in [-0.4, -0.2) is 9.97 Å². The molecule has 2 rings (SSSR count). The molecule has 0 unspecified atom stereocenters. The molecule has 0 saturated heterocycles. The SMILES string of the molecule is Cc1ccc(C)c(Oc2nc(Cl)ncc2Cl)c1. The fourth-order valence-corrected chi connectivity index (χ4v) is 1.58. The molecule has 0 aliphatic heterocycles. The normalized spacial score (nSPS) is 10.4. The molecule has 1 heterocycles. The number of rotatable bonds is 2. The van der Waals surface area contributed by atoms with Crippen LogP contribution in [0.5, 0.6) is 11.6 Å². The van der Waals surface area contributed by atoms with E-state index < -0.39 is 0 Å². The fraction of sp³-hybridized carbons (Fsp3) is 0.167. The molecule has 2 aromatic rings. The Balaban J connectivity index is 2.37. The number of nitrogens with zero attached hydrogens (tertiary/aromatic N) is 2. The second-order valence-corrected chi connectivity index (χ2v) is 4.41. The first kappa shape index (κ1) is 12.1. The lowest BCUT2D eigenvalue weighted by Gasteiger charge is -2.09. The third kappa shape index (κ3) is 2.87. The van der Waals surface area contributed by atoms with E-state index in [1.807, 2.05) is 32.0 Å². The summed E-state index contributed by atoms with van der Waals surface area (Å²) in [6.07, 6.45) is 1.41. The Hall–Kier alpha value is -1.32. The van der Waals surface area contributed by atoms with Gasteiger partial charge in [-0.2, -0.15) is 4.98 Å². The molecular formula is C12H10Cl2N2O. The van der Waals surface area contributed by atoms with Crippen LogP contribution in [0.25, 0.3) is 0 Å². The van der Waals surface area contributed by atoms with E-state index in [9.17, 15) is 0 Å². The molecule has 0 amide bonds. The maximum atomic E-state index is 5.93. The minimum Gasteiger partial charge on any atom is -0.437 e. The second-order valence-electron chi connectivity index (χ2n) is 3.66. The van der Waals surface area contributed by atoms with Gasteiger partial charge >= 0.3 is 0 Å². The Bertz CT molecular complexity index is 509. The largest absolute Gasteiger partial charge is 0.437 e. The number of halogens is 2. The van der Waals surface area contributed by atoms with Crippen LogP contribution in [0.4, 0.5) is 0 Å². The Morgan fingerprint density at radius 1 is 1.18 bits per heavy atom. The molecule has 3 nitrogen and oxygen atoms in total. The van der Waals surface area contributed by atoms with E-state index >= 15 is 0 Å². The minimum absolute atomic E-state index is 0.106. The minimum atomic E-state index is 0.106. The first-order valence-corrected chi connectivity index (χ1v) is 5.75. The summed E-state index contributed by atoms with van der Waals surface area (Å²) in [6, 6.07) is 5.90. The zero-order chi connectivity index (χ0) is 12.4. The maximum absolute atomic E-state index is 5.93. The molecule has 0 fully saturated rings. The molecule has 0 spiro atoms. The molecule has 0 aliphatic rings. The number of aryl methyl sites for hydroxylation is 2. The van der Waals surface area contributed by atoms with Crippen molar-refractivity contribution in [2.24, 2.45) is 0 Å². The summed E-state index contributed by atoms with van der Waals surface area (Å²) in [5, 5.41) is 0.435. The van der Waals surface area contributed by atoms with E-state index in [1.54, 1.807) is 0 Å². The predicted octanol–water partition coefficient (Wildman–Crippen LogP) is 4.19. The van der Waals surface area contributed by atoms with Gasteiger partial charge < -0.3 is 4.74 Å². The van der Waals surface area contributed by atoms with Crippen LogP contribution in [0, 0.1) is 13.8 Å². The van der Waals surface area contributed by atoms with Gasteiger partial charge in [0.15, 0.2) is 0 Å². The van der Waals surface area contributed by atoms with Gasteiger partial charge in [0.05, 0.1) is 6.20 Å². The summed E-state index contributed by atoms with van der Waals surface area (Å²) in [4.78, 5) is 7.70. The van der Waals surface area contributed by atoms with Crippen LogP contribution < -0.4 is 4.74 Å². The van der Waals surface area contributed by atoms with Crippen molar-refractivity contribution >= 4 is 23.2 Å². The second kappa shape index (κ2) is 4.90. The van der Waals surface area contributed by atoms with Gasteiger partial charge in [0, 0.05) is 0 Å². The molecule has 1 aromatic carbocycles. The fourth-order valence-electron chi connectivity index (χ4n) is 1.32. The van der Waals surface area contributed by atoms with Crippen LogP contribution in [-0.2, 0) is 0 Å². The average molecular weight is 269 g/mol. The standard InChI is InChI=1S/C12H10Cl2N2O/c1-7-3-4-8(2)10(5-7)17-11-9(13)6-15-12(14)16-11/h3-6H,1-2H3. The zero-order valence-electron chi connectivity index (χ0n) is 9.37. The van der Waals surface area contributed by atoms with Crippen molar-refractivity contribution in [1.82, 2.24) is 9.97 Å². The first-order valence-electron chi connectivity index (χ1n) is 4.99. The summed E-state index contributed by atoms with van der Waals surface area (Å²) < 4.78 is 5.63. The lowest BCUT2D eigenvalue weighted by molar-refractivity contribution is 0.458. The highest BCUT2D eigenvalue weighted by atomic mass is 35.5. The molecule has 0 bridgehead atoms. The molecule has 0 radical (unpaired) electrons. The summed E-state index contributed by atoms with van der Waals surface area (Å²) in [5.74, 6) is 0.974. The predicted molar refractivity (Wildman–Crippen MR) is 68.0 cm³/mol. The van der Waals surface area contributed by atoms with Gasteiger partial charge in [-0.25, -0.2) is 4.98 Å². The third-order valence-corrected chi connectivity index (χ3v) is 2.67. The highest BCUT2D eigenvalue weighted by Gasteiger charge is 2.08. The van der Waals surface area contributed by atoms with Gasteiger partial charge in [0.25, 0.3) is 0 Å². The zero-order valence-corrected chi connectivity index (χ0v) is 10.9. The number of ether oxygens (including phenoxy) is 1. The average Bonchev–Trinajstić information content (AvgIpc) is 2.28. The smallest absolute Gasteiger partial charge is 0.242 e. The number of benzene rings is 1. The highest BCUT2D eigenvalue weighted by Crippen LogP contribution is 2.29. The van der Waals surface area contributed by atoms with E-state index in [-0.39, 0.29) is 11.2 Å². The van der Waals surface area contributed by atoms with Crippen molar-refractivity contribution in [1.29, 1.82) is 0 Å².